The van der Waals surface area contributed by atoms with Crippen LogP contribution in [0.3, 0.4) is 0 Å². The van der Waals surface area contributed by atoms with Crippen molar-refractivity contribution in [3.8, 4) is 5.75 Å². The predicted molar refractivity (Wildman–Crippen MR) is 105 cm³/mol. The van der Waals surface area contributed by atoms with Gasteiger partial charge in [-0.05, 0) is 36.8 Å². The van der Waals surface area contributed by atoms with Gasteiger partial charge in [-0.15, -0.1) is 0 Å². The fraction of sp³-hybridized carbons (Fsp3) is 0.273. The fourth-order valence-electron chi connectivity index (χ4n) is 3.94. The van der Waals surface area contributed by atoms with Crippen LogP contribution in [0.15, 0.2) is 66.2 Å². The van der Waals surface area contributed by atoms with Crippen molar-refractivity contribution in [3.63, 3.8) is 0 Å². The monoisotopic (exact) mass is 362 g/mol. The average Bonchev–Trinajstić information content (AvgIpc) is 2.99. The summed E-state index contributed by atoms with van der Waals surface area (Å²) in [5.74, 6) is 0.0606. The van der Waals surface area contributed by atoms with E-state index in [1.165, 1.54) is 6.08 Å². The maximum absolute atomic E-state index is 12.1. The number of piperazine rings is 1. The van der Waals surface area contributed by atoms with E-state index in [1.54, 1.807) is 12.1 Å². The third-order valence-electron chi connectivity index (χ3n) is 5.25. The number of phenolic OH excluding ortho intramolecular Hbond substituents is 1. The second-order valence-corrected chi connectivity index (χ2v) is 7.09. The summed E-state index contributed by atoms with van der Waals surface area (Å²) < 4.78 is 0. The van der Waals surface area contributed by atoms with Gasteiger partial charge in [0.05, 0.1) is 12.5 Å². The van der Waals surface area contributed by atoms with Crippen molar-refractivity contribution in [3.05, 3.63) is 66.2 Å². The molecule has 2 aromatic rings. The molecule has 0 spiro atoms. The Kier molecular flexibility index (Phi) is 4.67. The van der Waals surface area contributed by atoms with Crippen LogP contribution in [-0.4, -0.2) is 42.3 Å². The van der Waals surface area contributed by atoms with Crippen LogP contribution >= 0.6 is 0 Å². The molecule has 0 bridgehead atoms. The first-order valence-electron chi connectivity index (χ1n) is 9.22. The Labute approximate surface area is 158 Å². The van der Waals surface area contributed by atoms with Crippen molar-refractivity contribution in [1.82, 2.24) is 0 Å². The van der Waals surface area contributed by atoms with E-state index in [0.717, 1.165) is 31.0 Å². The lowest BCUT2D eigenvalue weighted by atomic mass is 9.99. The van der Waals surface area contributed by atoms with E-state index in [4.69, 9.17) is 0 Å². The summed E-state index contributed by atoms with van der Waals surface area (Å²) in [6.07, 6.45) is 2.03. The number of phenols is 1. The molecule has 1 aliphatic carbocycles. The molecular weight excluding hydrogens is 340 g/mol. The number of carbonyl (C=O) groups is 2. The highest BCUT2D eigenvalue weighted by Gasteiger charge is 2.31. The Morgan fingerprint density at radius 2 is 1.74 bits per heavy atom. The number of benzene rings is 2. The van der Waals surface area contributed by atoms with Gasteiger partial charge in [0.2, 0.25) is 0 Å². The van der Waals surface area contributed by atoms with Crippen molar-refractivity contribution in [2.75, 3.05) is 29.4 Å². The summed E-state index contributed by atoms with van der Waals surface area (Å²) in [5.41, 5.74) is 2.70. The van der Waals surface area contributed by atoms with Gasteiger partial charge >= 0.3 is 0 Å². The molecule has 0 saturated carbocycles. The SMILES string of the molecule is O=C1C=C(CC2CN(c3ccccc3)CCN2c2cccc(O)c2)C(=O)C1. The lowest BCUT2D eigenvalue weighted by molar-refractivity contribution is -0.120. The van der Waals surface area contributed by atoms with Crippen molar-refractivity contribution < 1.29 is 14.7 Å². The minimum Gasteiger partial charge on any atom is -0.508 e. The number of hydrogen-bond acceptors (Lipinski definition) is 5. The van der Waals surface area contributed by atoms with E-state index in [2.05, 4.69) is 21.9 Å². The van der Waals surface area contributed by atoms with Crippen molar-refractivity contribution in [2.24, 2.45) is 0 Å². The third-order valence-corrected chi connectivity index (χ3v) is 5.25. The van der Waals surface area contributed by atoms with E-state index >= 15 is 0 Å². The minimum atomic E-state index is -0.102. The molecule has 2 aliphatic rings. The molecule has 1 heterocycles. The van der Waals surface area contributed by atoms with E-state index in [9.17, 15) is 14.7 Å². The molecule has 2 aromatic carbocycles. The smallest absolute Gasteiger partial charge is 0.166 e. The molecule has 1 atom stereocenters. The Hall–Kier alpha value is -3.08. The number of aromatic hydroxyl groups is 1. The number of Topliss-reactive ketones (excluding diaryl/α,β-unsaturated/α-hetero) is 1. The third kappa shape index (κ3) is 3.72. The van der Waals surface area contributed by atoms with Gasteiger partial charge in [0.15, 0.2) is 11.6 Å². The molecule has 1 N–H and O–H groups in total. The number of hydrogen-bond donors (Lipinski definition) is 1. The minimum absolute atomic E-state index is 0.00339. The predicted octanol–water partition coefficient (Wildman–Crippen LogP) is 2.95. The zero-order valence-corrected chi connectivity index (χ0v) is 15.0. The Morgan fingerprint density at radius 3 is 2.44 bits per heavy atom. The van der Waals surface area contributed by atoms with Crippen LogP contribution in [-0.2, 0) is 9.59 Å². The zero-order valence-electron chi connectivity index (χ0n) is 15.0. The van der Waals surface area contributed by atoms with E-state index in [-0.39, 0.29) is 29.8 Å². The van der Waals surface area contributed by atoms with Gasteiger partial charge in [-0.1, -0.05) is 24.3 Å². The number of rotatable bonds is 4. The van der Waals surface area contributed by atoms with Crippen molar-refractivity contribution in [1.29, 1.82) is 0 Å². The van der Waals surface area contributed by atoms with E-state index < -0.39 is 0 Å². The summed E-state index contributed by atoms with van der Waals surface area (Å²) in [6.45, 7) is 2.37. The second-order valence-electron chi connectivity index (χ2n) is 7.09. The molecule has 1 unspecified atom stereocenters. The first-order chi connectivity index (χ1) is 13.1. The molecule has 1 aliphatic heterocycles. The molecular formula is C22H22N2O3. The molecule has 1 saturated heterocycles. The van der Waals surface area contributed by atoms with Gasteiger partial charge < -0.3 is 14.9 Å². The van der Waals surface area contributed by atoms with Crippen molar-refractivity contribution in [2.45, 2.75) is 18.9 Å². The number of carbonyl (C=O) groups excluding carboxylic acids is 2. The molecule has 138 valence electrons. The van der Waals surface area contributed by atoms with Crippen LogP contribution < -0.4 is 9.80 Å². The summed E-state index contributed by atoms with van der Waals surface area (Å²) in [5, 5.41) is 9.87. The number of allylic oxidation sites excluding steroid dienone is 1. The molecule has 5 nitrogen and oxygen atoms in total. The Morgan fingerprint density at radius 1 is 0.963 bits per heavy atom. The molecule has 5 heteroatoms. The van der Waals surface area contributed by atoms with Crippen LogP contribution in [0, 0.1) is 0 Å². The van der Waals surface area contributed by atoms with Crippen molar-refractivity contribution >= 4 is 22.9 Å². The molecule has 0 radical (unpaired) electrons. The van der Waals surface area contributed by atoms with E-state index in [0.29, 0.717) is 12.0 Å². The average molecular weight is 362 g/mol. The van der Waals surface area contributed by atoms with Gasteiger partial charge in [0.1, 0.15) is 5.75 Å². The Bertz CT molecular complexity index is 891. The summed E-state index contributed by atoms with van der Waals surface area (Å²) in [7, 11) is 0. The van der Waals surface area contributed by atoms with E-state index in [1.807, 2.05) is 30.3 Å². The highest BCUT2D eigenvalue weighted by Crippen LogP contribution is 2.30. The van der Waals surface area contributed by atoms with Crippen LogP contribution in [0.25, 0.3) is 0 Å². The number of para-hydroxylation sites is 1. The van der Waals surface area contributed by atoms with Crippen LogP contribution in [0.4, 0.5) is 11.4 Å². The maximum Gasteiger partial charge on any atom is 0.166 e. The van der Waals surface area contributed by atoms with Crippen LogP contribution in [0.5, 0.6) is 5.75 Å². The topological polar surface area (TPSA) is 60.9 Å². The lowest BCUT2D eigenvalue weighted by Crippen LogP contribution is -2.53. The number of ketones is 2. The summed E-state index contributed by atoms with van der Waals surface area (Å²) in [6, 6.07) is 17.5. The van der Waals surface area contributed by atoms with Gasteiger partial charge in [-0.25, -0.2) is 0 Å². The van der Waals surface area contributed by atoms with Gasteiger partial charge in [-0.3, -0.25) is 9.59 Å². The lowest BCUT2D eigenvalue weighted by Gasteiger charge is -2.44. The highest BCUT2D eigenvalue weighted by atomic mass is 16.3. The summed E-state index contributed by atoms with van der Waals surface area (Å²) >= 11 is 0. The molecule has 4 rings (SSSR count). The number of nitrogens with zero attached hydrogens (tertiary/aromatic N) is 2. The van der Waals surface area contributed by atoms with Crippen LogP contribution in [0.1, 0.15) is 12.8 Å². The zero-order chi connectivity index (χ0) is 18.8. The fourth-order valence-corrected chi connectivity index (χ4v) is 3.94. The molecule has 0 amide bonds. The normalized spacial score (nSPS) is 20.1. The maximum atomic E-state index is 12.1. The first kappa shape index (κ1) is 17.3. The number of anilines is 2. The Balaban J connectivity index is 1.61. The summed E-state index contributed by atoms with van der Waals surface area (Å²) in [4.78, 5) is 28.3. The first-order valence-corrected chi connectivity index (χ1v) is 9.22. The van der Waals surface area contributed by atoms with Gasteiger partial charge in [0, 0.05) is 42.6 Å². The second kappa shape index (κ2) is 7.27. The quantitative estimate of drug-likeness (QED) is 0.848. The highest BCUT2D eigenvalue weighted by molar-refractivity contribution is 6.19. The van der Waals surface area contributed by atoms with Crippen LogP contribution in [0.2, 0.25) is 0 Å². The molecule has 1 fully saturated rings. The molecule has 0 aromatic heterocycles. The van der Waals surface area contributed by atoms with Gasteiger partial charge in [-0.2, -0.15) is 0 Å². The van der Waals surface area contributed by atoms with Gasteiger partial charge in [0.25, 0.3) is 0 Å². The molecule has 27 heavy (non-hydrogen) atoms. The largest absolute Gasteiger partial charge is 0.508 e. The standard InChI is InChI=1S/C22H22N2O3/c25-20-8-4-7-18(13-20)24-10-9-23(17-5-2-1-3-6-17)15-19(24)11-16-12-21(26)14-22(16)27/h1-8,12-13,19,25H,9-11,14-15H2.